The first-order valence-corrected chi connectivity index (χ1v) is 11.3. The summed E-state index contributed by atoms with van der Waals surface area (Å²) in [5, 5.41) is 1.83. The second-order valence-corrected chi connectivity index (χ2v) is 8.47. The first-order valence-electron chi connectivity index (χ1n) is 10.4. The van der Waals surface area contributed by atoms with E-state index in [4.69, 9.17) is 4.74 Å². The highest BCUT2D eigenvalue weighted by atomic mass is 32.1. The Morgan fingerprint density at radius 1 is 1.22 bits per heavy atom. The van der Waals surface area contributed by atoms with Crippen molar-refractivity contribution in [3.8, 4) is 0 Å². The van der Waals surface area contributed by atoms with Gasteiger partial charge in [0.2, 0.25) is 0 Å². The predicted molar refractivity (Wildman–Crippen MR) is 123 cm³/mol. The molecule has 168 valence electrons. The molecule has 0 aliphatic heterocycles. The summed E-state index contributed by atoms with van der Waals surface area (Å²) in [6.07, 6.45) is 3.35. The van der Waals surface area contributed by atoms with Gasteiger partial charge in [-0.3, -0.25) is 14.6 Å². The number of carbonyl (C=O) groups is 3. The summed E-state index contributed by atoms with van der Waals surface area (Å²) in [6, 6.07) is 6.48. The number of esters is 1. The van der Waals surface area contributed by atoms with Gasteiger partial charge in [-0.05, 0) is 56.3 Å². The van der Waals surface area contributed by atoms with E-state index in [0.29, 0.717) is 27.4 Å². The molecule has 0 fully saturated rings. The topological polar surface area (TPSA) is 81.5 Å². The lowest BCUT2D eigenvalue weighted by atomic mass is 9.99. The van der Waals surface area contributed by atoms with Crippen LogP contribution in [0.5, 0.6) is 0 Å². The zero-order valence-corrected chi connectivity index (χ0v) is 19.7. The number of amides is 1. The third-order valence-electron chi connectivity index (χ3n) is 5.56. The van der Waals surface area contributed by atoms with Crippen molar-refractivity contribution >= 4 is 29.0 Å². The number of thiophene rings is 1. The van der Waals surface area contributed by atoms with Crippen LogP contribution in [0.2, 0.25) is 0 Å². The molecule has 0 saturated heterocycles. The monoisotopic (exact) mass is 453 g/mol. The zero-order valence-electron chi connectivity index (χ0n) is 18.9. The Hall–Kier alpha value is -3.26. The van der Waals surface area contributed by atoms with Crippen molar-refractivity contribution < 1.29 is 19.1 Å². The Bertz CT molecular complexity index is 1120. The maximum absolute atomic E-state index is 13.7. The Morgan fingerprint density at radius 3 is 2.56 bits per heavy atom. The van der Waals surface area contributed by atoms with Crippen LogP contribution in [-0.4, -0.2) is 44.8 Å². The van der Waals surface area contributed by atoms with Gasteiger partial charge >= 0.3 is 5.97 Å². The van der Waals surface area contributed by atoms with Gasteiger partial charge in [0.1, 0.15) is 5.69 Å². The molecule has 3 aromatic rings. The standard InChI is InChI=1S/C24H27N3O4S/c1-6-31-24(30)21-15(2)20(16(3)26(21)5)22(28)17(4)27(14-18-9-7-11-25-13-18)23(29)19-10-8-12-32-19/h7-13,17H,6,14H2,1-5H3. The summed E-state index contributed by atoms with van der Waals surface area (Å²) in [6.45, 7) is 7.49. The average Bonchev–Trinajstić information content (AvgIpc) is 3.39. The lowest BCUT2D eigenvalue weighted by molar-refractivity contribution is 0.0513. The summed E-state index contributed by atoms with van der Waals surface area (Å²) in [4.78, 5) is 45.7. The molecule has 1 atom stereocenters. The number of hydrogen-bond donors (Lipinski definition) is 0. The van der Waals surface area contributed by atoms with Gasteiger partial charge in [0.25, 0.3) is 5.91 Å². The number of pyridine rings is 1. The number of Topliss-reactive ketones (excluding diaryl/α,β-unsaturated/α-hetero) is 1. The van der Waals surface area contributed by atoms with Gasteiger partial charge in [0, 0.05) is 37.2 Å². The van der Waals surface area contributed by atoms with Crippen LogP contribution >= 0.6 is 11.3 Å². The van der Waals surface area contributed by atoms with Gasteiger partial charge in [-0.2, -0.15) is 0 Å². The largest absolute Gasteiger partial charge is 0.461 e. The maximum Gasteiger partial charge on any atom is 0.355 e. The molecule has 3 aromatic heterocycles. The van der Waals surface area contributed by atoms with E-state index < -0.39 is 12.0 Å². The lowest BCUT2D eigenvalue weighted by Crippen LogP contribution is -2.43. The molecule has 0 aliphatic rings. The molecule has 0 aromatic carbocycles. The molecular weight excluding hydrogens is 426 g/mol. The third kappa shape index (κ3) is 4.50. The van der Waals surface area contributed by atoms with Gasteiger partial charge in [-0.1, -0.05) is 12.1 Å². The van der Waals surface area contributed by atoms with Crippen molar-refractivity contribution in [3.63, 3.8) is 0 Å². The summed E-state index contributed by atoms with van der Waals surface area (Å²) >= 11 is 1.33. The Labute approximate surface area is 191 Å². The van der Waals surface area contributed by atoms with E-state index in [-0.39, 0.29) is 24.8 Å². The molecule has 7 nitrogen and oxygen atoms in total. The fraction of sp³-hybridized carbons (Fsp3) is 0.333. The molecule has 3 rings (SSSR count). The van der Waals surface area contributed by atoms with Crippen LogP contribution < -0.4 is 0 Å². The SMILES string of the molecule is CCOC(=O)c1c(C)c(C(=O)C(C)N(Cc2cccnc2)C(=O)c2cccs2)c(C)n1C. The van der Waals surface area contributed by atoms with Crippen molar-refractivity contribution in [2.24, 2.45) is 7.05 Å². The van der Waals surface area contributed by atoms with E-state index in [0.717, 1.165) is 5.56 Å². The highest BCUT2D eigenvalue weighted by Gasteiger charge is 2.33. The van der Waals surface area contributed by atoms with Crippen LogP contribution in [-0.2, 0) is 18.3 Å². The Kier molecular flexibility index (Phi) is 7.25. The summed E-state index contributed by atoms with van der Waals surface area (Å²) < 4.78 is 6.85. The second-order valence-electron chi connectivity index (χ2n) is 7.53. The van der Waals surface area contributed by atoms with Crippen molar-refractivity contribution in [2.45, 2.75) is 40.3 Å². The Morgan fingerprint density at radius 2 is 1.97 bits per heavy atom. The number of hydrogen-bond acceptors (Lipinski definition) is 6. The average molecular weight is 454 g/mol. The minimum absolute atomic E-state index is 0.221. The molecule has 0 bridgehead atoms. The third-order valence-corrected chi connectivity index (χ3v) is 6.42. The summed E-state index contributed by atoms with van der Waals surface area (Å²) in [7, 11) is 1.74. The van der Waals surface area contributed by atoms with Gasteiger partial charge < -0.3 is 14.2 Å². The van der Waals surface area contributed by atoms with Crippen LogP contribution in [0.1, 0.15) is 61.2 Å². The van der Waals surface area contributed by atoms with Crippen molar-refractivity contribution in [1.82, 2.24) is 14.5 Å². The first kappa shape index (κ1) is 23.4. The number of ether oxygens (including phenoxy) is 1. The molecule has 0 N–H and O–H groups in total. The van der Waals surface area contributed by atoms with Crippen molar-refractivity contribution in [3.05, 3.63) is 75.0 Å². The van der Waals surface area contributed by atoms with Crippen LogP contribution in [0.4, 0.5) is 0 Å². The second kappa shape index (κ2) is 9.91. The number of carbonyl (C=O) groups excluding carboxylic acids is 3. The molecule has 0 radical (unpaired) electrons. The van der Waals surface area contributed by atoms with Gasteiger partial charge in [0.05, 0.1) is 17.5 Å². The minimum atomic E-state index is -0.750. The number of aromatic nitrogens is 2. The fourth-order valence-electron chi connectivity index (χ4n) is 3.79. The van der Waals surface area contributed by atoms with E-state index in [1.54, 1.807) is 68.7 Å². The smallest absolute Gasteiger partial charge is 0.355 e. The quantitative estimate of drug-likeness (QED) is 0.377. The fourth-order valence-corrected chi connectivity index (χ4v) is 4.47. The van der Waals surface area contributed by atoms with E-state index in [9.17, 15) is 14.4 Å². The molecule has 1 amide bonds. The predicted octanol–water partition coefficient (Wildman–Crippen LogP) is 4.19. The number of nitrogens with zero attached hydrogens (tertiary/aromatic N) is 3. The molecule has 8 heteroatoms. The van der Waals surface area contributed by atoms with E-state index in [1.165, 1.54) is 11.3 Å². The zero-order chi connectivity index (χ0) is 23.4. The molecule has 32 heavy (non-hydrogen) atoms. The molecule has 0 saturated carbocycles. The lowest BCUT2D eigenvalue weighted by Gasteiger charge is -2.28. The number of rotatable bonds is 8. The van der Waals surface area contributed by atoms with Gasteiger partial charge in [-0.25, -0.2) is 4.79 Å². The van der Waals surface area contributed by atoms with Crippen LogP contribution in [0.15, 0.2) is 42.0 Å². The summed E-state index contributed by atoms with van der Waals surface area (Å²) in [5.41, 5.74) is 2.84. The van der Waals surface area contributed by atoms with E-state index in [2.05, 4.69) is 4.98 Å². The molecule has 3 heterocycles. The highest BCUT2D eigenvalue weighted by Crippen LogP contribution is 2.26. The van der Waals surface area contributed by atoms with Crippen molar-refractivity contribution in [1.29, 1.82) is 0 Å². The molecule has 0 spiro atoms. The minimum Gasteiger partial charge on any atom is -0.461 e. The maximum atomic E-state index is 13.7. The van der Waals surface area contributed by atoms with Crippen LogP contribution in [0, 0.1) is 13.8 Å². The van der Waals surface area contributed by atoms with Crippen LogP contribution in [0.25, 0.3) is 0 Å². The van der Waals surface area contributed by atoms with Crippen molar-refractivity contribution in [2.75, 3.05) is 6.61 Å². The molecule has 1 unspecified atom stereocenters. The van der Waals surface area contributed by atoms with Gasteiger partial charge in [0.15, 0.2) is 5.78 Å². The first-order chi connectivity index (χ1) is 15.3. The number of ketones is 1. The molecular formula is C24H27N3O4S. The van der Waals surface area contributed by atoms with E-state index in [1.807, 2.05) is 17.5 Å². The van der Waals surface area contributed by atoms with E-state index >= 15 is 0 Å². The molecule has 0 aliphatic carbocycles. The van der Waals surface area contributed by atoms with Gasteiger partial charge in [-0.15, -0.1) is 11.3 Å². The normalized spacial score (nSPS) is 11.8. The highest BCUT2D eigenvalue weighted by molar-refractivity contribution is 7.12. The Balaban J connectivity index is 2.00. The summed E-state index contributed by atoms with van der Waals surface area (Å²) in [5.74, 6) is -0.911. The van der Waals surface area contributed by atoms with Crippen LogP contribution in [0.3, 0.4) is 0 Å².